The summed E-state index contributed by atoms with van der Waals surface area (Å²) in [7, 11) is 0. The van der Waals surface area contributed by atoms with Crippen LogP contribution in [-0.4, -0.2) is 64.0 Å². The first-order valence-corrected chi connectivity index (χ1v) is 8.47. The van der Waals surface area contributed by atoms with Gasteiger partial charge in [-0.05, 0) is 37.0 Å². The zero-order chi connectivity index (χ0) is 17.6. The molecular weight excluding hydrogens is 324 g/mol. The van der Waals surface area contributed by atoms with Crippen molar-refractivity contribution in [1.29, 1.82) is 0 Å². The third-order valence-electron chi connectivity index (χ3n) is 5.10. The molecular formula is C18H20N2O5. The number of amides is 2. The number of nitrogens with zero attached hydrogens (tertiary/aromatic N) is 2. The molecule has 2 amide bonds. The van der Waals surface area contributed by atoms with E-state index in [0.717, 1.165) is 17.7 Å². The van der Waals surface area contributed by atoms with Gasteiger partial charge in [0.15, 0.2) is 6.23 Å². The van der Waals surface area contributed by atoms with Gasteiger partial charge in [0, 0.05) is 19.8 Å². The molecule has 2 unspecified atom stereocenters. The summed E-state index contributed by atoms with van der Waals surface area (Å²) in [6.07, 6.45) is 0.875. The summed E-state index contributed by atoms with van der Waals surface area (Å²) in [5.41, 5.74) is 0.765. The maximum atomic E-state index is 12.6. The number of hydrogen-bond donors (Lipinski definition) is 2. The largest absolute Gasteiger partial charge is 0.381 e. The van der Waals surface area contributed by atoms with Gasteiger partial charge in [-0.15, -0.1) is 0 Å². The van der Waals surface area contributed by atoms with Gasteiger partial charge in [-0.1, -0.05) is 12.1 Å². The smallest absolute Gasteiger partial charge is 0.266 e. The van der Waals surface area contributed by atoms with Gasteiger partial charge in [-0.3, -0.25) is 9.59 Å². The van der Waals surface area contributed by atoms with E-state index >= 15 is 0 Å². The second-order valence-electron chi connectivity index (χ2n) is 6.62. The summed E-state index contributed by atoms with van der Waals surface area (Å²) >= 11 is 0. The lowest BCUT2D eigenvalue weighted by molar-refractivity contribution is -0.0658. The molecule has 3 aliphatic rings. The van der Waals surface area contributed by atoms with Crippen LogP contribution in [0.2, 0.25) is 0 Å². The minimum absolute atomic E-state index is 0.130. The maximum absolute atomic E-state index is 12.6. The third kappa shape index (κ3) is 2.69. The fourth-order valence-electron chi connectivity index (χ4n) is 3.70. The maximum Gasteiger partial charge on any atom is 0.266 e. The van der Waals surface area contributed by atoms with E-state index in [9.17, 15) is 19.8 Å². The number of fused-ring (bicyclic) bond motifs is 1. The van der Waals surface area contributed by atoms with E-state index in [4.69, 9.17) is 4.74 Å². The van der Waals surface area contributed by atoms with Crippen LogP contribution in [0.25, 0.3) is 0 Å². The van der Waals surface area contributed by atoms with Crippen molar-refractivity contribution in [3.8, 4) is 0 Å². The molecule has 132 valence electrons. The predicted octanol–water partition coefficient (Wildman–Crippen LogP) is 0.546. The van der Waals surface area contributed by atoms with Gasteiger partial charge in [0.05, 0.1) is 16.8 Å². The molecule has 7 nitrogen and oxygen atoms in total. The number of ether oxygens (including phenoxy) is 1. The Labute approximate surface area is 145 Å². The molecule has 0 aliphatic carbocycles. The van der Waals surface area contributed by atoms with Crippen molar-refractivity contribution in [2.24, 2.45) is 5.92 Å². The number of carbonyl (C=O) groups excluding carboxylic acids is 2. The molecule has 3 aliphatic heterocycles. The first-order chi connectivity index (χ1) is 12.1. The molecule has 25 heavy (non-hydrogen) atoms. The molecule has 0 radical (unpaired) electrons. The van der Waals surface area contributed by atoms with Crippen molar-refractivity contribution >= 4 is 11.8 Å². The van der Waals surface area contributed by atoms with Gasteiger partial charge in [0.1, 0.15) is 6.23 Å². The highest BCUT2D eigenvalue weighted by Crippen LogP contribution is 2.33. The minimum atomic E-state index is -1.19. The molecule has 2 N–H and O–H groups in total. The molecule has 0 aromatic heterocycles. The number of benzene rings is 1. The summed E-state index contributed by atoms with van der Waals surface area (Å²) < 4.78 is 5.33. The summed E-state index contributed by atoms with van der Waals surface area (Å²) in [4.78, 5) is 27.6. The molecule has 0 spiro atoms. The first kappa shape index (κ1) is 16.4. The van der Waals surface area contributed by atoms with Crippen LogP contribution >= 0.6 is 0 Å². The summed E-state index contributed by atoms with van der Waals surface area (Å²) in [6.45, 7) is 1.82. The van der Waals surface area contributed by atoms with Crippen molar-refractivity contribution in [2.45, 2.75) is 25.3 Å². The van der Waals surface area contributed by atoms with Crippen LogP contribution in [0.3, 0.4) is 0 Å². The fraction of sp³-hybridized carbons (Fsp3) is 0.444. The second-order valence-corrected chi connectivity index (χ2v) is 6.62. The lowest BCUT2D eigenvalue weighted by atomic mass is 10.00. The molecule has 2 atom stereocenters. The van der Waals surface area contributed by atoms with E-state index in [-0.39, 0.29) is 5.70 Å². The quantitative estimate of drug-likeness (QED) is 0.778. The Kier molecular flexibility index (Phi) is 4.16. The molecule has 0 bridgehead atoms. The first-order valence-electron chi connectivity index (χ1n) is 8.47. The average Bonchev–Trinajstić information content (AvgIpc) is 3.04. The van der Waals surface area contributed by atoms with E-state index in [1.807, 2.05) is 0 Å². The predicted molar refractivity (Wildman–Crippen MR) is 87.3 cm³/mol. The number of aliphatic hydroxyl groups is 2. The Morgan fingerprint density at radius 1 is 1.04 bits per heavy atom. The minimum Gasteiger partial charge on any atom is -0.381 e. The Bertz CT molecular complexity index is 706. The number of rotatable bonds is 3. The van der Waals surface area contributed by atoms with E-state index in [2.05, 4.69) is 0 Å². The van der Waals surface area contributed by atoms with Crippen molar-refractivity contribution in [1.82, 2.24) is 9.80 Å². The molecule has 4 rings (SSSR count). The van der Waals surface area contributed by atoms with Crippen molar-refractivity contribution in [2.75, 3.05) is 19.8 Å². The van der Waals surface area contributed by atoms with E-state index in [0.29, 0.717) is 36.8 Å². The second kappa shape index (κ2) is 6.34. The van der Waals surface area contributed by atoms with Gasteiger partial charge >= 0.3 is 0 Å². The molecule has 0 saturated carbocycles. The zero-order valence-electron chi connectivity index (χ0n) is 13.7. The number of carbonyl (C=O) groups is 2. The fourth-order valence-corrected chi connectivity index (χ4v) is 3.70. The van der Waals surface area contributed by atoms with Gasteiger partial charge in [0.2, 0.25) is 0 Å². The van der Waals surface area contributed by atoms with Gasteiger partial charge < -0.3 is 14.9 Å². The highest BCUT2D eigenvalue weighted by atomic mass is 16.5. The van der Waals surface area contributed by atoms with E-state index < -0.39 is 24.3 Å². The monoisotopic (exact) mass is 344 g/mol. The Hall–Kier alpha value is -2.06. The van der Waals surface area contributed by atoms with Crippen molar-refractivity contribution in [3.63, 3.8) is 0 Å². The van der Waals surface area contributed by atoms with Crippen molar-refractivity contribution in [3.05, 3.63) is 47.2 Å². The summed E-state index contributed by atoms with van der Waals surface area (Å²) in [6, 6.07) is 6.57. The Morgan fingerprint density at radius 2 is 1.64 bits per heavy atom. The van der Waals surface area contributed by atoms with Gasteiger partial charge in [-0.25, -0.2) is 9.80 Å². The average molecular weight is 344 g/mol. The standard InChI is InChI=1S/C18H20N2O5/c21-15-9-14(18(24)19(15)10-11-5-7-25-8-6-11)20-16(22)12-3-1-2-4-13(12)17(20)23/h1-4,9,11,15,18,21,24H,5-8,10H2. The van der Waals surface area contributed by atoms with E-state index in [1.165, 1.54) is 11.0 Å². The molecule has 1 aromatic carbocycles. The summed E-state index contributed by atoms with van der Waals surface area (Å²) in [5.74, 6) is -0.634. The Morgan fingerprint density at radius 3 is 2.24 bits per heavy atom. The summed E-state index contributed by atoms with van der Waals surface area (Å²) in [5, 5.41) is 21.0. The molecule has 3 heterocycles. The topological polar surface area (TPSA) is 90.3 Å². The van der Waals surface area contributed by atoms with Crippen LogP contribution in [0.5, 0.6) is 0 Å². The third-order valence-corrected chi connectivity index (χ3v) is 5.10. The molecule has 1 fully saturated rings. The number of aliphatic hydroxyl groups excluding tert-OH is 2. The molecule has 1 saturated heterocycles. The lowest BCUT2D eigenvalue weighted by Crippen LogP contribution is -2.45. The Balaban J connectivity index is 1.55. The SMILES string of the molecule is O=C1c2ccccc2C(=O)N1C1=CC(O)N(CC2CCOCC2)C1O. The van der Waals surface area contributed by atoms with Crippen LogP contribution in [0.15, 0.2) is 36.0 Å². The van der Waals surface area contributed by atoms with Crippen LogP contribution in [-0.2, 0) is 4.74 Å². The van der Waals surface area contributed by atoms with E-state index in [1.54, 1.807) is 24.3 Å². The lowest BCUT2D eigenvalue weighted by Gasteiger charge is -2.32. The van der Waals surface area contributed by atoms with Crippen molar-refractivity contribution < 1.29 is 24.5 Å². The highest BCUT2D eigenvalue weighted by molar-refractivity contribution is 6.22. The van der Waals surface area contributed by atoms with Crippen LogP contribution < -0.4 is 0 Å². The molecule has 1 aromatic rings. The van der Waals surface area contributed by atoms with Gasteiger partial charge in [0.25, 0.3) is 11.8 Å². The molecule has 7 heteroatoms. The highest BCUT2D eigenvalue weighted by Gasteiger charge is 2.44. The van der Waals surface area contributed by atoms with Crippen LogP contribution in [0, 0.1) is 5.92 Å². The van der Waals surface area contributed by atoms with Gasteiger partial charge in [-0.2, -0.15) is 0 Å². The van der Waals surface area contributed by atoms with Crippen LogP contribution in [0.4, 0.5) is 0 Å². The number of imide groups is 1. The zero-order valence-corrected chi connectivity index (χ0v) is 13.7. The van der Waals surface area contributed by atoms with Crippen LogP contribution in [0.1, 0.15) is 33.6 Å². The normalized spacial score (nSPS) is 27.8. The number of hydrogen-bond acceptors (Lipinski definition) is 6.